The smallest absolute Gasteiger partial charge is 0.168 e. The van der Waals surface area contributed by atoms with Gasteiger partial charge >= 0.3 is 0 Å². The molecular formula is C15H18BrN3O. The first-order chi connectivity index (χ1) is 9.56. The number of anilines is 1. The van der Waals surface area contributed by atoms with E-state index in [9.17, 15) is 0 Å². The number of nitrogens with zero attached hydrogens (tertiary/aromatic N) is 2. The minimum Gasteiger partial charge on any atom is -0.486 e. The predicted molar refractivity (Wildman–Crippen MR) is 83.5 cm³/mol. The molecule has 0 aliphatic heterocycles. The van der Waals surface area contributed by atoms with Crippen LogP contribution < -0.4 is 10.5 Å². The van der Waals surface area contributed by atoms with E-state index in [1.54, 1.807) is 0 Å². The van der Waals surface area contributed by atoms with E-state index in [-0.39, 0.29) is 0 Å². The van der Waals surface area contributed by atoms with Gasteiger partial charge < -0.3 is 10.5 Å². The van der Waals surface area contributed by atoms with E-state index >= 15 is 0 Å². The van der Waals surface area contributed by atoms with Crippen molar-refractivity contribution in [1.29, 1.82) is 0 Å². The average Bonchev–Trinajstić information content (AvgIpc) is 2.42. The molecule has 0 aliphatic carbocycles. The van der Waals surface area contributed by atoms with E-state index in [2.05, 4.69) is 39.7 Å². The van der Waals surface area contributed by atoms with Gasteiger partial charge in [-0.3, -0.25) is 0 Å². The number of benzene rings is 1. The van der Waals surface area contributed by atoms with Crippen LogP contribution in [0.4, 0.5) is 5.82 Å². The number of halogens is 1. The number of hydrogen-bond donors (Lipinski definition) is 1. The summed E-state index contributed by atoms with van der Waals surface area (Å²) in [7, 11) is 0. The van der Waals surface area contributed by atoms with Gasteiger partial charge in [-0.05, 0) is 40.4 Å². The molecule has 20 heavy (non-hydrogen) atoms. The fourth-order valence-electron chi connectivity index (χ4n) is 1.82. The summed E-state index contributed by atoms with van der Waals surface area (Å²) in [6.45, 7) is 4.60. The van der Waals surface area contributed by atoms with Crippen LogP contribution in [-0.4, -0.2) is 9.97 Å². The van der Waals surface area contributed by atoms with Crippen molar-refractivity contribution in [2.75, 3.05) is 5.73 Å². The molecule has 4 nitrogen and oxygen atoms in total. The second-order valence-corrected chi connectivity index (χ2v) is 5.78. The van der Waals surface area contributed by atoms with Crippen molar-refractivity contribution in [3.63, 3.8) is 0 Å². The average molecular weight is 336 g/mol. The number of hydrogen-bond acceptors (Lipinski definition) is 4. The number of aromatic nitrogens is 2. The van der Waals surface area contributed by atoms with Gasteiger partial charge in [-0.1, -0.05) is 32.0 Å². The standard InChI is InChI=1S/C15H18BrN3O/c1-10(2)8-12-14(16)15(17)19-13(18-12)9-20-11-6-4-3-5-7-11/h3-7,10H,8-9H2,1-2H3,(H2,17,18,19). The molecule has 0 saturated heterocycles. The predicted octanol–water partition coefficient (Wildman–Crippen LogP) is 3.60. The fourth-order valence-corrected chi connectivity index (χ4v) is 2.16. The largest absolute Gasteiger partial charge is 0.486 e. The Balaban J connectivity index is 2.14. The molecule has 0 spiro atoms. The summed E-state index contributed by atoms with van der Waals surface area (Å²) < 4.78 is 6.44. The number of para-hydroxylation sites is 1. The molecule has 0 atom stereocenters. The van der Waals surface area contributed by atoms with Crippen molar-refractivity contribution in [3.05, 3.63) is 46.3 Å². The number of nitrogen functional groups attached to an aromatic ring is 1. The molecule has 0 fully saturated rings. The van der Waals surface area contributed by atoms with Crippen LogP contribution in [0.2, 0.25) is 0 Å². The minimum absolute atomic E-state index is 0.312. The highest BCUT2D eigenvalue weighted by atomic mass is 79.9. The van der Waals surface area contributed by atoms with Crippen molar-refractivity contribution < 1.29 is 4.74 Å². The van der Waals surface area contributed by atoms with E-state index in [1.807, 2.05) is 30.3 Å². The van der Waals surface area contributed by atoms with Gasteiger partial charge in [0.2, 0.25) is 0 Å². The van der Waals surface area contributed by atoms with E-state index in [4.69, 9.17) is 10.5 Å². The quantitative estimate of drug-likeness (QED) is 0.906. The Bertz CT molecular complexity index is 573. The number of rotatable bonds is 5. The van der Waals surface area contributed by atoms with Crippen LogP contribution in [0.3, 0.4) is 0 Å². The van der Waals surface area contributed by atoms with E-state index in [0.29, 0.717) is 24.2 Å². The molecule has 0 saturated carbocycles. The molecule has 106 valence electrons. The molecule has 2 rings (SSSR count). The van der Waals surface area contributed by atoms with Gasteiger partial charge in [0, 0.05) is 0 Å². The lowest BCUT2D eigenvalue weighted by molar-refractivity contribution is 0.295. The monoisotopic (exact) mass is 335 g/mol. The zero-order valence-corrected chi connectivity index (χ0v) is 13.2. The Kier molecular flexibility index (Phi) is 4.95. The first-order valence-corrected chi connectivity index (χ1v) is 7.34. The summed E-state index contributed by atoms with van der Waals surface area (Å²) in [4.78, 5) is 8.78. The lowest BCUT2D eigenvalue weighted by Crippen LogP contribution is -2.09. The summed E-state index contributed by atoms with van der Waals surface area (Å²) in [6, 6.07) is 9.60. The Morgan fingerprint density at radius 1 is 1.20 bits per heavy atom. The van der Waals surface area contributed by atoms with Crippen LogP contribution in [-0.2, 0) is 13.0 Å². The molecule has 1 aromatic carbocycles. The molecule has 2 aromatic rings. The molecule has 1 heterocycles. The van der Waals surface area contributed by atoms with Crippen LogP contribution in [0.1, 0.15) is 25.4 Å². The van der Waals surface area contributed by atoms with Crippen LogP contribution in [0.25, 0.3) is 0 Å². The molecular weight excluding hydrogens is 318 g/mol. The van der Waals surface area contributed by atoms with Crippen molar-refractivity contribution in [2.45, 2.75) is 26.9 Å². The Morgan fingerprint density at radius 2 is 1.90 bits per heavy atom. The first kappa shape index (κ1) is 14.8. The summed E-state index contributed by atoms with van der Waals surface area (Å²) in [6.07, 6.45) is 0.853. The summed E-state index contributed by atoms with van der Waals surface area (Å²) in [5.74, 6) is 2.36. The van der Waals surface area contributed by atoms with Crippen LogP contribution in [0.15, 0.2) is 34.8 Å². The number of ether oxygens (including phenoxy) is 1. The summed E-state index contributed by atoms with van der Waals surface area (Å²) in [5.41, 5.74) is 6.84. The SMILES string of the molecule is CC(C)Cc1nc(COc2ccccc2)nc(N)c1Br. The molecule has 2 N–H and O–H groups in total. The van der Waals surface area contributed by atoms with Crippen molar-refractivity contribution in [2.24, 2.45) is 5.92 Å². The highest BCUT2D eigenvalue weighted by Gasteiger charge is 2.12. The maximum Gasteiger partial charge on any atom is 0.168 e. The fraction of sp³-hybridized carbons (Fsp3) is 0.333. The summed E-state index contributed by atoms with van der Waals surface area (Å²) >= 11 is 3.45. The maximum absolute atomic E-state index is 5.91. The third-order valence-corrected chi connectivity index (χ3v) is 3.57. The molecule has 0 radical (unpaired) electrons. The second kappa shape index (κ2) is 6.70. The highest BCUT2D eigenvalue weighted by molar-refractivity contribution is 9.10. The highest BCUT2D eigenvalue weighted by Crippen LogP contribution is 2.23. The van der Waals surface area contributed by atoms with Crippen LogP contribution in [0.5, 0.6) is 5.75 Å². The van der Waals surface area contributed by atoms with E-state index in [1.165, 1.54) is 0 Å². The van der Waals surface area contributed by atoms with Gasteiger partial charge in [-0.2, -0.15) is 0 Å². The van der Waals surface area contributed by atoms with Crippen molar-refractivity contribution in [1.82, 2.24) is 9.97 Å². The third kappa shape index (κ3) is 3.93. The molecule has 5 heteroatoms. The minimum atomic E-state index is 0.312. The molecule has 0 unspecified atom stereocenters. The zero-order valence-electron chi connectivity index (χ0n) is 11.6. The van der Waals surface area contributed by atoms with Gasteiger partial charge in [0.1, 0.15) is 18.2 Å². The Hall–Kier alpha value is -1.62. The molecule has 0 bridgehead atoms. The van der Waals surface area contributed by atoms with Gasteiger partial charge in [0.15, 0.2) is 5.82 Å². The maximum atomic E-state index is 5.91. The Labute approximate surface area is 127 Å². The van der Waals surface area contributed by atoms with Gasteiger partial charge in [-0.15, -0.1) is 0 Å². The number of nitrogens with two attached hydrogens (primary N) is 1. The Morgan fingerprint density at radius 3 is 2.55 bits per heavy atom. The van der Waals surface area contributed by atoms with Crippen molar-refractivity contribution in [3.8, 4) is 5.75 Å². The molecule has 0 amide bonds. The van der Waals surface area contributed by atoms with Gasteiger partial charge in [0.25, 0.3) is 0 Å². The van der Waals surface area contributed by atoms with Gasteiger partial charge in [0.05, 0.1) is 10.2 Å². The third-order valence-electron chi connectivity index (χ3n) is 2.70. The second-order valence-electron chi connectivity index (χ2n) is 4.99. The summed E-state index contributed by atoms with van der Waals surface area (Å²) in [5, 5.41) is 0. The zero-order chi connectivity index (χ0) is 14.5. The first-order valence-electron chi connectivity index (χ1n) is 6.55. The molecule has 1 aromatic heterocycles. The van der Waals surface area contributed by atoms with Crippen LogP contribution >= 0.6 is 15.9 Å². The normalized spacial score (nSPS) is 10.8. The lowest BCUT2D eigenvalue weighted by Gasteiger charge is -2.11. The lowest BCUT2D eigenvalue weighted by atomic mass is 10.1. The van der Waals surface area contributed by atoms with E-state index in [0.717, 1.165) is 22.3 Å². The van der Waals surface area contributed by atoms with E-state index < -0.39 is 0 Å². The topological polar surface area (TPSA) is 61.0 Å². The van der Waals surface area contributed by atoms with Gasteiger partial charge in [-0.25, -0.2) is 9.97 Å². The van der Waals surface area contributed by atoms with Crippen molar-refractivity contribution >= 4 is 21.7 Å². The van der Waals surface area contributed by atoms with Crippen LogP contribution in [0, 0.1) is 5.92 Å². The molecule has 0 aliphatic rings.